The number of carbonyl (C=O) groups is 1. The summed E-state index contributed by atoms with van der Waals surface area (Å²) in [5.74, 6) is 0.682. The Morgan fingerprint density at radius 3 is 2.28 bits per heavy atom. The van der Waals surface area contributed by atoms with Gasteiger partial charge in [-0.2, -0.15) is 0 Å². The molecule has 5 nitrogen and oxygen atoms in total. The van der Waals surface area contributed by atoms with Crippen molar-refractivity contribution in [2.24, 2.45) is 5.92 Å². The van der Waals surface area contributed by atoms with Crippen LogP contribution in [0.3, 0.4) is 0 Å². The van der Waals surface area contributed by atoms with Crippen molar-refractivity contribution in [2.45, 2.75) is 51.2 Å². The quantitative estimate of drug-likeness (QED) is 0.393. The predicted molar refractivity (Wildman–Crippen MR) is 152 cm³/mol. The molecule has 4 rings (SSSR count). The summed E-state index contributed by atoms with van der Waals surface area (Å²) >= 11 is 12.1. The molecule has 2 saturated heterocycles. The Labute approximate surface area is 236 Å². The van der Waals surface area contributed by atoms with E-state index in [0.29, 0.717) is 22.4 Å². The molecule has 36 heavy (non-hydrogen) atoms. The molecule has 0 saturated carbocycles. The average Bonchev–Trinajstić information content (AvgIpc) is 2.83. The summed E-state index contributed by atoms with van der Waals surface area (Å²) in [5, 5.41) is 11.0. The summed E-state index contributed by atoms with van der Waals surface area (Å²) < 4.78 is 6.12. The van der Waals surface area contributed by atoms with Crippen LogP contribution in [0.4, 0.5) is 0 Å². The zero-order valence-corrected chi connectivity index (χ0v) is 23.7. The lowest BCUT2D eigenvalue weighted by Crippen LogP contribution is -2.49. The van der Waals surface area contributed by atoms with Crippen LogP contribution < -0.4 is 4.74 Å². The second-order valence-corrected chi connectivity index (χ2v) is 10.5. The summed E-state index contributed by atoms with van der Waals surface area (Å²) in [6.45, 7) is 6.89. The van der Waals surface area contributed by atoms with Crippen LogP contribution in [0.2, 0.25) is 10.0 Å². The highest BCUT2D eigenvalue weighted by atomic mass is 35.5. The van der Waals surface area contributed by atoms with Gasteiger partial charge in [-0.3, -0.25) is 9.69 Å². The van der Waals surface area contributed by atoms with Gasteiger partial charge in [-0.05, 0) is 81.3 Å². The Kier molecular flexibility index (Phi) is 12.6. The van der Waals surface area contributed by atoms with Crippen molar-refractivity contribution in [1.82, 2.24) is 9.80 Å². The molecule has 0 bridgehead atoms. The smallest absolute Gasteiger partial charge is 0.321 e. The van der Waals surface area contributed by atoms with E-state index in [0.717, 1.165) is 75.3 Å². The van der Waals surface area contributed by atoms with E-state index < -0.39 is 12.0 Å². The number of likely N-dealkylation sites (tertiary alicyclic amines) is 2. The van der Waals surface area contributed by atoms with Crippen molar-refractivity contribution >= 4 is 54.0 Å². The van der Waals surface area contributed by atoms with Crippen LogP contribution in [-0.4, -0.2) is 65.7 Å². The SMILES string of the molecule is Cc1ccccc1C[C@H](C(=O)O)N1CCC(CN2CCC(Oc3ccc(Cl)c(Cl)c3)CC2)CC1.Cl.Cl. The van der Waals surface area contributed by atoms with Gasteiger partial charge in [-0.1, -0.05) is 47.5 Å². The van der Waals surface area contributed by atoms with Gasteiger partial charge < -0.3 is 14.7 Å². The Bertz CT molecular complexity index is 977. The fraction of sp³-hybridized carbons (Fsp3) is 0.519. The summed E-state index contributed by atoms with van der Waals surface area (Å²) in [4.78, 5) is 16.7. The standard InChI is InChI=1S/C27H34Cl2N2O3.2ClH/c1-19-4-2-3-5-21(19)16-26(27(32)33)31-14-8-20(9-15-31)18-30-12-10-22(11-13-30)34-23-6-7-24(28)25(29)17-23;;/h2-7,17,20,22,26H,8-16,18H2,1H3,(H,32,33);2*1H/t26-;;/m1../s1. The lowest BCUT2D eigenvalue weighted by molar-refractivity contribution is -0.144. The molecule has 0 radical (unpaired) electrons. The van der Waals surface area contributed by atoms with Crippen molar-refractivity contribution in [1.29, 1.82) is 0 Å². The number of halogens is 4. The number of ether oxygens (including phenoxy) is 1. The maximum absolute atomic E-state index is 12.0. The molecule has 2 fully saturated rings. The van der Waals surface area contributed by atoms with Crippen LogP contribution in [-0.2, 0) is 11.2 Å². The Balaban J connectivity index is 0.00000228. The molecule has 0 spiro atoms. The molecular formula is C27H36Cl4N2O3. The number of carboxylic acid groups (broad SMARTS) is 1. The molecule has 2 aliphatic rings. The van der Waals surface area contributed by atoms with Crippen LogP contribution in [0.15, 0.2) is 42.5 Å². The van der Waals surface area contributed by atoms with E-state index in [2.05, 4.69) is 22.8 Å². The summed E-state index contributed by atoms with van der Waals surface area (Å²) in [7, 11) is 0. The van der Waals surface area contributed by atoms with Gasteiger partial charge in [0.15, 0.2) is 0 Å². The predicted octanol–water partition coefficient (Wildman–Crippen LogP) is 6.40. The molecule has 0 aliphatic carbocycles. The van der Waals surface area contributed by atoms with Crippen LogP contribution >= 0.6 is 48.0 Å². The second-order valence-electron chi connectivity index (χ2n) is 9.66. The van der Waals surface area contributed by atoms with Crippen LogP contribution in [0.25, 0.3) is 0 Å². The first-order valence-corrected chi connectivity index (χ1v) is 13.0. The lowest BCUT2D eigenvalue weighted by atomic mass is 9.92. The minimum Gasteiger partial charge on any atom is -0.490 e. The van der Waals surface area contributed by atoms with Crippen molar-refractivity contribution in [3.8, 4) is 5.75 Å². The molecule has 0 amide bonds. The number of nitrogens with zero attached hydrogens (tertiary/aromatic N) is 2. The van der Waals surface area contributed by atoms with E-state index in [9.17, 15) is 9.90 Å². The Hall–Kier alpha value is -1.21. The lowest BCUT2D eigenvalue weighted by Gasteiger charge is -2.39. The van der Waals surface area contributed by atoms with Gasteiger partial charge in [0.2, 0.25) is 0 Å². The molecule has 2 aromatic carbocycles. The van der Waals surface area contributed by atoms with Crippen LogP contribution in [0.5, 0.6) is 5.75 Å². The van der Waals surface area contributed by atoms with E-state index in [1.165, 1.54) is 0 Å². The third kappa shape index (κ3) is 8.41. The maximum Gasteiger partial charge on any atom is 0.321 e. The van der Waals surface area contributed by atoms with Gasteiger partial charge >= 0.3 is 5.97 Å². The first-order chi connectivity index (χ1) is 16.4. The molecule has 0 unspecified atom stereocenters. The normalized spacial score (nSPS) is 18.6. The third-order valence-corrected chi connectivity index (χ3v) is 8.03. The van der Waals surface area contributed by atoms with Gasteiger partial charge in [0.25, 0.3) is 0 Å². The molecule has 0 aromatic heterocycles. The van der Waals surface area contributed by atoms with Gasteiger partial charge in [-0.25, -0.2) is 0 Å². The maximum atomic E-state index is 12.0. The molecule has 2 aromatic rings. The third-order valence-electron chi connectivity index (χ3n) is 7.29. The summed E-state index contributed by atoms with van der Waals surface area (Å²) in [6.07, 6.45) is 4.87. The minimum atomic E-state index is -0.717. The highest BCUT2D eigenvalue weighted by Crippen LogP contribution is 2.29. The molecule has 1 atom stereocenters. The largest absolute Gasteiger partial charge is 0.490 e. The highest BCUT2D eigenvalue weighted by molar-refractivity contribution is 6.42. The number of aryl methyl sites for hydroxylation is 1. The van der Waals surface area contributed by atoms with Gasteiger partial charge in [0, 0.05) is 25.7 Å². The van der Waals surface area contributed by atoms with Crippen molar-refractivity contribution in [3.63, 3.8) is 0 Å². The number of aliphatic carboxylic acids is 1. The topological polar surface area (TPSA) is 53.0 Å². The van der Waals surface area contributed by atoms with Gasteiger partial charge in [0.1, 0.15) is 17.9 Å². The molecule has 2 heterocycles. The number of hydrogen-bond acceptors (Lipinski definition) is 4. The first kappa shape index (κ1) is 31.0. The molecule has 2 aliphatic heterocycles. The minimum absolute atomic E-state index is 0. The van der Waals surface area contributed by atoms with E-state index >= 15 is 0 Å². The zero-order chi connectivity index (χ0) is 24.1. The van der Waals surface area contributed by atoms with Crippen LogP contribution in [0.1, 0.15) is 36.8 Å². The van der Waals surface area contributed by atoms with Gasteiger partial charge in [-0.15, -0.1) is 24.8 Å². The average molecular weight is 578 g/mol. The Morgan fingerprint density at radius 2 is 1.67 bits per heavy atom. The molecular weight excluding hydrogens is 542 g/mol. The first-order valence-electron chi connectivity index (χ1n) is 12.2. The summed E-state index contributed by atoms with van der Waals surface area (Å²) in [6, 6.07) is 13.1. The van der Waals surface area contributed by atoms with E-state index in [-0.39, 0.29) is 30.9 Å². The number of piperidine rings is 2. The Morgan fingerprint density at radius 1 is 1.00 bits per heavy atom. The second kappa shape index (κ2) is 14.7. The number of benzene rings is 2. The van der Waals surface area contributed by atoms with E-state index in [1.807, 2.05) is 24.3 Å². The molecule has 1 N–H and O–H groups in total. The van der Waals surface area contributed by atoms with Crippen LogP contribution in [0, 0.1) is 12.8 Å². The number of hydrogen-bond donors (Lipinski definition) is 1. The fourth-order valence-corrected chi connectivity index (χ4v) is 5.47. The van der Waals surface area contributed by atoms with Crippen molar-refractivity contribution < 1.29 is 14.6 Å². The van der Waals surface area contributed by atoms with Gasteiger partial charge in [0.05, 0.1) is 10.0 Å². The summed E-state index contributed by atoms with van der Waals surface area (Å²) in [5.41, 5.74) is 2.29. The van der Waals surface area contributed by atoms with Crippen molar-refractivity contribution in [3.05, 3.63) is 63.6 Å². The highest BCUT2D eigenvalue weighted by Gasteiger charge is 2.31. The van der Waals surface area contributed by atoms with Crippen molar-refractivity contribution in [2.75, 3.05) is 32.7 Å². The number of rotatable bonds is 8. The number of carboxylic acids is 1. The van der Waals surface area contributed by atoms with E-state index in [1.54, 1.807) is 12.1 Å². The fourth-order valence-electron chi connectivity index (χ4n) is 5.18. The molecule has 9 heteroatoms. The van der Waals surface area contributed by atoms with E-state index in [4.69, 9.17) is 27.9 Å². The monoisotopic (exact) mass is 576 g/mol. The zero-order valence-electron chi connectivity index (χ0n) is 20.6. The molecule has 200 valence electrons.